The number of hydrogen-bond donors (Lipinski definition) is 1. The summed E-state index contributed by atoms with van der Waals surface area (Å²) in [5.74, 6) is 0.149. The first-order valence-electron chi connectivity index (χ1n) is 9.74. The first-order chi connectivity index (χ1) is 13.6. The second-order valence-corrected chi connectivity index (χ2v) is 8.27. The van der Waals surface area contributed by atoms with Crippen molar-refractivity contribution < 1.29 is 13.9 Å². The zero-order chi connectivity index (χ0) is 21.2. The maximum Gasteiger partial charge on any atom is 0.410 e. The molecule has 0 spiro atoms. The van der Waals surface area contributed by atoms with Gasteiger partial charge >= 0.3 is 6.09 Å². The zero-order valence-corrected chi connectivity index (χ0v) is 17.4. The summed E-state index contributed by atoms with van der Waals surface area (Å²) in [6.07, 6.45) is 4.52. The highest BCUT2D eigenvalue weighted by atomic mass is 19.1. The summed E-state index contributed by atoms with van der Waals surface area (Å²) in [5.41, 5.74) is 1.49. The number of hydrogen-bond acceptors (Lipinski definition) is 5. The van der Waals surface area contributed by atoms with Crippen molar-refractivity contribution in [2.75, 3.05) is 13.1 Å². The van der Waals surface area contributed by atoms with Gasteiger partial charge in [-0.25, -0.2) is 19.2 Å². The number of halogens is 1. The van der Waals surface area contributed by atoms with Gasteiger partial charge in [0.15, 0.2) is 0 Å². The number of pyridine rings is 1. The van der Waals surface area contributed by atoms with Crippen molar-refractivity contribution in [3.8, 4) is 0 Å². The standard InChI is InChI=1S/C21H28FN5O2/c1-14(18-11-23-19-9-8-16(22)12-27(18)19)24-15(2)25-17-7-6-10-26(13-17)20(28)29-21(3,4)5/h8-9,11-12,17,25H,2,6-7,10,13H2,1,3-5H3/t17-/m1/s1. The molecule has 1 atom stereocenters. The van der Waals surface area contributed by atoms with Gasteiger partial charge in [-0.2, -0.15) is 0 Å². The Hall–Kier alpha value is -2.90. The van der Waals surface area contributed by atoms with Gasteiger partial charge in [0.05, 0.1) is 17.6 Å². The number of aliphatic imine (C=N–C) groups is 1. The third kappa shape index (κ3) is 5.34. The average Bonchev–Trinajstić information content (AvgIpc) is 3.03. The molecule has 0 bridgehead atoms. The SMILES string of the molecule is C=C(N=C(C)c1cnc2ccc(F)cn12)N[C@@H]1CCCN(C(=O)OC(C)(C)C)C1. The number of carbonyl (C=O) groups is 1. The normalized spacial score (nSPS) is 18.0. The molecular formula is C21H28FN5O2. The molecule has 0 aromatic carbocycles. The molecule has 156 valence electrons. The van der Waals surface area contributed by atoms with E-state index in [0.29, 0.717) is 36.0 Å². The molecule has 7 nitrogen and oxygen atoms in total. The predicted octanol–water partition coefficient (Wildman–Crippen LogP) is 3.74. The van der Waals surface area contributed by atoms with Gasteiger partial charge in [-0.1, -0.05) is 6.58 Å². The zero-order valence-electron chi connectivity index (χ0n) is 17.4. The lowest BCUT2D eigenvalue weighted by molar-refractivity contribution is 0.0191. The molecule has 0 unspecified atom stereocenters. The van der Waals surface area contributed by atoms with E-state index >= 15 is 0 Å². The summed E-state index contributed by atoms with van der Waals surface area (Å²) < 4.78 is 20.7. The Balaban J connectivity index is 1.64. The van der Waals surface area contributed by atoms with E-state index < -0.39 is 5.60 Å². The van der Waals surface area contributed by atoms with Crippen LogP contribution >= 0.6 is 0 Å². The van der Waals surface area contributed by atoms with Crippen molar-refractivity contribution in [2.45, 2.75) is 52.2 Å². The number of piperidine rings is 1. The van der Waals surface area contributed by atoms with Gasteiger partial charge in [0.1, 0.15) is 22.9 Å². The molecule has 29 heavy (non-hydrogen) atoms. The van der Waals surface area contributed by atoms with Crippen LogP contribution in [0.4, 0.5) is 9.18 Å². The molecule has 2 aromatic rings. The number of aromatic nitrogens is 2. The average molecular weight is 401 g/mol. The maximum atomic E-state index is 13.6. The number of imidazole rings is 1. The van der Waals surface area contributed by atoms with Crippen LogP contribution in [0.25, 0.3) is 5.65 Å². The first kappa shape index (κ1) is 20.8. The Labute approximate surface area is 170 Å². The minimum Gasteiger partial charge on any atom is -0.444 e. The van der Waals surface area contributed by atoms with Gasteiger partial charge < -0.3 is 15.0 Å². The van der Waals surface area contributed by atoms with Gasteiger partial charge in [0.25, 0.3) is 0 Å². The second-order valence-electron chi connectivity index (χ2n) is 8.27. The molecule has 0 saturated carbocycles. The van der Waals surface area contributed by atoms with Gasteiger partial charge in [-0.3, -0.25) is 4.40 Å². The molecule has 1 N–H and O–H groups in total. The van der Waals surface area contributed by atoms with E-state index in [-0.39, 0.29) is 18.0 Å². The monoisotopic (exact) mass is 401 g/mol. The molecule has 1 fully saturated rings. The molecule has 8 heteroatoms. The lowest BCUT2D eigenvalue weighted by Crippen LogP contribution is -2.48. The Morgan fingerprint density at radius 1 is 1.41 bits per heavy atom. The summed E-state index contributed by atoms with van der Waals surface area (Å²) in [6, 6.07) is 3.03. The van der Waals surface area contributed by atoms with Crippen LogP contribution < -0.4 is 5.32 Å². The topological polar surface area (TPSA) is 71.2 Å². The molecule has 0 aliphatic carbocycles. The number of nitrogens with one attached hydrogen (secondary N) is 1. The molecular weight excluding hydrogens is 373 g/mol. The third-order valence-corrected chi connectivity index (χ3v) is 4.59. The minimum absolute atomic E-state index is 0.0416. The van der Waals surface area contributed by atoms with Crippen molar-refractivity contribution in [3.05, 3.63) is 48.4 Å². The fourth-order valence-corrected chi connectivity index (χ4v) is 3.34. The quantitative estimate of drug-likeness (QED) is 0.793. The van der Waals surface area contributed by atoms with Crippen molar-refractivity contribution in [1.29, 1.82) is 0 Å². The molecule has 2 aromatic heterocycles. The number of amides is 1. The summed E-state index contributed by atoms with van der Waals surface area (Å²) in [7, 11) is 0. The summed E-state index contributed by atoms with van der Waals surface area (Å²) in [4.78, 5) is 22.8. The predicted molar refractivity (Wildman–Crippen MR) is 110 cm³/mol. The Morgan fingerprint density at radius 2 is 2.17 bits per heavy atom. The molecule has 0 radical (unpaired) electrons. The molecule has 3 rings (SSSR count). The Kier molecular flexibility index (Phi) is 5.91. The molecule has 3 heterocycles. The van der Waals surface area contributed by atoms with Crippen molar-refractivity contribution in [2.24, 2.45) is 4.99 Å². The highest BCUT2D eigenvalue weighted by Crippen LogP contribution is 2.16. The molecule has 1 aliphatic rings. The van der Waals surface area contributed by atoms with Crippen molar-refractivity contribution in [3.63, 3.8) is 0 Å². The van der Waals surface area contributed by atoms with E-state index in [1.807, 2.05) is 27.7 Å². The summed E-state index contributed by atoms with van der Waals surface area (Å²) in [6.45, 7) is 12.6. The maximum absolute atomic E-state index is 13.6. The number of ether oxygens (including phenoxy) is 1. The second kappa shape index (κ2) is 8.23. The van der Waals surface area contributed by atoms with Crippen LogP contribution in [0.5, 0.6) is 0 Å². The van der Waals surface area contributed by atoms with E-state index in [4.69, 9.17) is 4.74 Å². The molecule has 1 aliphatic heterocycles. The van der Waals surface area contributed by atoms with Crippen molar-refractivity contribution >= 4 is 17.5 Å². The number of carbonyl (C=O) groups excluding carboxylic acids is 1. The van der Waals surface area contributed by atoms with Crippen LogP contribution in [-0.2, 0) is 4.74 Å². The van der Waals surface area contributed by atoms with Crippen LogP contribution in [0, 0.1) is 5.82 Å². The van der Waals surface area contributed by atoms with E-state index in [1.165, 1.54) is 12.3 Å². The number of rotatable bonds is 4. The lowest BCUT2D eigenvalue weighted by atomic mass is 10.1. The van der Waals surface area contributed by atoms with Crippen LogP contribution in [0.15, 0.2) is 41.9 Å². The largest absolute Gasteiger partial charge is 0.444 e. The highest BCUT2D eigenvalue weighted by Gasteiger charge is 2.27. The van der Waals surface area contributed by atoms with Crippen LogP contribution in [0.2, 0.25) is 0 Å². The van der Waals surface area contributed by atoms with Crippen LogP contribution in [0.3, 0.4) is 0 Å². The first-order valence-corrected chi connectivity index (χ1v) is 9.74. The summed E-state index contributed by atoms with van der Waals surface area (Å²) >= 11 is 0. The number of likely N-dealkylation sites (tertiary alicyclic amines) is 1. The van der Waals surface area contributed by atoms with E-state index in [1.54, 1.807) is 21.6 Å². The third-order valence-electron chi connectivity index (χ3n) is 4.59. The van der Waals surface area contributed by atoms with E-state index in [9.17, 15) is 9.18 Å². The van der Waals surface area contributed by atoms with Crippen LogP contribution in [-0.4, -0.2) is 50.8 Å². The molecule has 1 saturated heterocycles. The van der Waals surface area contributed by atoms with E-state index in [2.05, 4.69) is 21.9 Å². The fourth-order valence-electron chi connectivity index (χ4n) is 3.34. The smallest absolute Gasteiger partial charge is 0.410 e. The van der Waals surface area contributed by atoms with Gasteiger partial charge in [0, 0.05) is 25.3 Å². The number of nitrogens with zero attached hydrogens (tertiary/aromatic N) is 4. The number of fused-ring (bicyclic) bond motifs is 1. The van der Waals surface area contributed by atoms with Gasteiger partial charge in [-0.15, -0.1) is 0 Å². The fraction of sp³-hybridized carbons (Fsp3) is 0.476. The van der Waals surface area contributed by atoms with Crippen LogP contribution in [0.1, 0.15) is 46.2 Å². The summed E-state index contributed by atoms with van der Waals surface area (Å²) in [5, 5.41) is 3.28. The Morgan fingerprint density at radius 3 is 2.90 bits per heavy atom. The lowest BCUT2D eigenvalue weighted by Gasteiger charge is -2.34. The van der Waals surface area contributed by atoms with Gasteiger partial charge in [0.2, 0.25) is 0 Å². The van der Waals surface area contributed by atoms with Gasteiger partial charge in [-0.05, 0) is 52.7 Å². The molecule has 1 amide bonds. The highest BCUT2D eigenvalue weighted by molar-refractivity contribution is 5.98. The Bertz CT molecular complexity index is 944. The minimum atomic E-state index is -0.518. The van der Waals surface area contributed by atoms with Crippen molar-refractivity contribution in [1.82, 2.24) is 19.6 Å². The van der Waals surface area contributed by atoms with E-state index in [0.717, 1.165) is 12.8 Å².